The van der Waals surface area contributed by atoms with Crippen LogP contribution in [0.5, 0.6) is 0 Å². The lowest BCUT2D eigenvalue weighted by atomic mass is 9.78. The van der Waals surface area contributed by atoms with E-state index in [0.29, 0.717) is 18.2 Å². The second kappa shape index (κ2) is 9.04. The quantitative estimate of drug-likeness (QED) is 0.521. The van der Waals surface area contributed by atoms with E-state index in [-0.39, 0.29) is 5.56 Å². The van der Waals surface area contributed by atoms with Crippen molar-refractivity contribution in [2.24, 2.45) is 18.9 Å². The standard InChI is InChI=1S/C27H34N4O3/c1-4-16-12-21(27(33)34)26(32)29-25(16)17-8-9-24-19(10-17)11-20(30(24)3)14-31-13-18-6-5-7-23(28-2)22(18)15-31/h8-12,18,22-23,28H,4-7,13-15H2,1-3H3,(H,29,32)(H,33,34)/t18?,22-,23+/m0/s1. The zero-order valence-electron chi connectivity index (χ0n) is 20.2. The van der Waals surface area contributed by atoms with E-state index in [9.17, 15) is 14.7 Å². The minimum atomic E-state index is -1.20. The Morgan fingerprint density at radius 3 is 2.76 bits per heavy atom. The molecule has 1 saturated carbocycles. The van der Waals surface area contributed by atoms with E-state index in [1.807, 2.05) is 13.0 Å². The summed E-state index contributed by atoms with van der Waals surface area (Å²) in [5.41, 5.74) is 4.10. The van der Waals surface area contributed by atoms with Crippen molar-refractivity contribution < 1.29 is 9.90 Å². The third-order valence-corrected chi connectivity index (χ3v) is 8.10. The Hall–Kier alpha value is -2.90. The first-order chi connectivity index (χ1) is 16.4. The predicted molar refractivity (Wildman–Crippen MR) is 134 cm³/mol. The monoisotopic (exact) mass is 462 g/mol. The number of H-pyrrole nitrogens is 1. The maximum Gasteiger partial charge on any atom is 0.341 e. The van der Waals surface area contributed by atoms with Gasteiger partial charge in [0.25, 0.3) is 5.56 Å². The van der Waals surface area contributed by atoms with Gasteiger partial charge in [0, 0.05) is 49.3 Å². The van der Waals surface area contributed by atoms with Crippen LogP contribution < -0.4 is 10.9 Å². The number of nitrogens with zero attached hydrogens (tertiary/aromatic N) is 2. The van der Waals surface area contributed by atoms with Gasteiger partial charge in [0.2, 0.25) is 0 Å². The van der Waals surface area contributed by atoms with Crippen LogP contribution >= 0.6 is 0 Å². The molecular formula is C27H34N4O3. The van der Waals surface area contributed by atoms with Gasteiger partial charge in [-0.2, -0.15) is 0 Å². The van der Waals surface area contributed by atoms with Crippen molar-refractivity contribution in [2.75, 3.05) is 20.1 Å². The van der Waals surface area contributed by atoms with E-state index in [4.69, 9.17) is 0 Å². The first-order valence-electron chi connectivity index (χ1n) is 12.4. The van der Waals surface area contributed by atoms with E-state index in [1.54, 1.807) is 0 Å². The molecule has 1 unspecified atom stereocenters. The van der Waals surface area contributed by atoms with E-state index in [0.717, 1.165) is 47.0 Å². The molecular weight excluding hydrogens is 428 g/mol. The maximum absolute atomic E-state index is 12.3. The lowest BCUT2D eigenvalue weighted by molar-refractivity contribution is 0.0695. The number of benzene rings is 1. The highest BCUT2D eigenvalue weighted by molar-refractivity contribution is 5.89. The average molecular weight is 463 g/mol. The number of aryl methyl sites for hydroxylation is 2. The second-order valence-electron chi connectivity index (χ2n) is 9.98. The average Bonchev–Trinajstić information content (AvgIpc) is 3.38. The molecule has 1 aliphatic carbocycles. The largest absolute Gasteiger partial charge is 0.477 e. The van der Waals surface area contributed by atoms with Crippen molar-refractivity contribution in [2.45, 2.75) is 45.2 Å². The van der Waals surface area contributed by atoms with Crippen molar-refractivity contribution in [3.63, 3.8) is 0 Å². The Balaban J connectivity index is 1.44. The molecule has 180 valence electrons. The van der Waals surface area contributed by atoms with Gasteiger partial charge in [-0.05, 0) is 73.5 Å². The first kappa shape index (κ1) is 22.9. The molecule has 2 aliphatic rings. The van der Waals surface area contributed by atoms with Crippen molar-refractivity contribution in [3.05, 3.63) is 57.5 Å². The highest BCUT2D eigenvalue weighted by Gasteiger charge is 2.39. The maximum atomic E-state index is 12.3. The number of pyridine rings is 1. The predicted octanol–water partition coefficient (Wildman–Crippen LogP) is 3.61. The lowest BCUT2D eigenvalue weighted by Gasteiger charge is -2.32. The molecule has 7 nitrogen and oxygen atoms in total. The number of aromatic amines is 1. The SMILES string of the molecule is CCc1cc(C(=O)O)c(=O)[nH]c1-c1ccc2c(c1)cc(CN1CC3CCC[C@@H](NC)[C@H]3C1)n2C. The lowest BCUT2D eigenvalue weighted by Crippen LogP contribution is -2.40. The molecule has 7 heteroatoms. The van der Waals surface area contributed by atoms with E-state index >= 15 is 0 Å². The molecule has 5 rings (SSSR count). The Bertz CT molecular complexity index is 1290. The Kier molecular flexibility index (Phi) is 6.08. The van der Waals surface area contributed by atoms with Gasteiger partial charge in [0.15, 0.2) is 0 Å². The van der Waals surface area contributed by atoms with Crippen molar-refractivity contribution in [1.82, 2.24) is 19.8 Å². The number of likely N-dealkylation sites (tertiary alicyclic amines) is 1. The van der Waals surface area contributed by atoms with Crippen molar-refractivity contribution in [1.29, 1.82) is 0 Å². The zero-order chi connectivity index (χ0) is 24.0. The molecule has 2 aromatic heterocycles. The highest BCUT2D eigenvalue weighted by atomic mass is 16.4. The van der Waals surface area contributed by atoms with Crippen molar-refractivity contribution in [3.8, 4) is 11.3 Å². The number of hydrogen-bond donors (Lipinski definition) is 3. The Morgan fingerprint density at radius 1 is 1.21 bits per heavy atom. The third-order valence-electron chi connectivity index (χ3n) is 8.10. The molecule has 3 atom stereocenters. The summed E-state index contributed by atoms with van der Waals surface area (Å²) in [6.45, 7) is 5.23. The Labute approximate surface area is 199 Å². The highest BCUT2D eigenvalue weighted by Crippen LogP contribution is 2.37. The van der Waals surface area contributed by atoms with Crippen LogP contribution in [0.2, 0.25) is 0 Å². The van der Waals surface area contributed by atoms with Crippen LogP contribution in [0.15, 0.2) is 35.1 Å². The van der Waals surface area contributed by atoms with Crippen LogP contribution in [0.1, 0.15) is 47.8 Å². The summed E-state index contributed by atoms with van der Waals surface area (Å²) >= 11 is 0. The fraction of sp³-hybridized carbons (Fsp3) is 0.481. The molecule has 3 N–H and O–H groups in total. The molecule has 0 amide bonds. The Morgan fingerprint density at radius 2 is 2.03 bits per heavy atom. The van der Waals surface area contributed by atoms with E-state index in [2.05, 4.69) is 52.1 Å². The number of aromatic nitrogens is 2. The minimum Gasteiger partial charge on any atom is -0.477 e. The van der Waals surface area contributed by atoms with Crippen LogP contribution in [0.25, 0.3) is 22.2 Å². The molecule has 1 saturated heterocycles. The molecule has 1 aliphatic heterocycles. The molecule has 0 spiro atoms. The van der Waals surface area contributed by atoms with E-state index < -0.39 is 11.5 Å². The van der Waals surface area contributed by atoms with Crippen LogP contribution in [-0.2, 0) is 20.0 Å². The fourth-order valence-electron chi connectivity index (χ4n) is 6.26. The van der Waals surface area contributed by atoms with Gasteiger partial charge in [-0.15, -0.1) is 0 Å². The summed E-state index contributed by atoms with van der Waals surface area (Å²) in [6, 6.07) is 10.6. The number of carboxylic acid groups (broad SMARTS) is 1. The summed E-state index contributed by atoms with van der Waals surface area (Å²) in [7, 11) is 4.22. The van der Waals surface area contributed by atoms with Gasteiger partial charge in [0.1, 0.15) is 5.56 Å². The third kappa shape index (κ3) is 3.97. The smallest absolute Gasteiger partial charge is 0.341 e. The molecule has 3 aromatic rings. The number of aromatic carboxylic acids is 1. The normalized spacial score (nSPS) is 22.9. The number of nitrogens with one attached hydrogen (secondary N) is 2. The summed E-state index contributed by atoms with van der Waals surface area (Å²) in [5.74, 6) is 0.345. The van der Waals surface area contributed by atoms with Crippen LogP contribution in [0.4, 0.5) is 0 Å². The van der Waals surface area contributed by atoms with Gasteiger partial charge in [-0.3, -0.25) is 9.69 Å². The molecule has 0 bridgehead atoms. The van der Waals surface area contributed by atoms with E-state index in [1.165, 1.54) is 37.6 Å². The summed E-state index contributed by atoms with van der Waals surface area (Å²) in [4.78, 5) is 29.1. The number of fused-ring (bicyclic) bond motifs is 2. The van der Waals surface area contributed by atoms with Crippen LogP contribution in [0, 0.1) is 11.8 Å². The first-order valence-corrected chi connectivity index (χ1v) is 12.4. The number of carboxylic acids is 1. The fourth-order valence-corrected chi connectivity index (χ4v) is 6.26. The number of hydrogen-bond acceptors (Lipinski definition) is 4. The molecule has 2 fully saturated rings. The molecule has 3 heterocycles. The number of carbonyl (C=O) groups is 1. The van der Waals surface area contributed by atoms with Gasteiger partial charge in [0.05, 0.1) is 5.69 Å². The topological polar surface area (TPSA) is 90.4 Å². The molecule has 1 aromatic carbocycles. The van der Waals surface area contributed by atoms with Crippen LogP contribution in [-0.4, -0.2) is 51.7 Å². The van der Waals surface area contributed by atoms with Gasteiger partial charge >= 0.3 is 5.97 Å². The van der Waals surface area contributed by atoms with Gasteiger partial charge in [-0.1, -0.05) is 19.4 Å². The summed E-state index contributed by atoms with van der Waals surface area (Å²) < 4.78 is 2.27. The van der Waals surface area contributed by atoms with Crippen molar-refractivity contribution >= 4 is 16.9 Å². The van der Waals surface area contributed by atoms with Crippen LogP contribution in [0.3, 0.4) is 0 Å². The summed E-state index contributed by atoms with van der Waals surface area (Å²) in [6.07, 6.45) is 4.59. The zero-order valence-corrected chi connectivity index (χ0v) is 20.2. The molecule has 34 heavy (non-hydrogen) atoms. The second-order valence-corrected chi connectivity index (χ2v) is 9.98. The molecule has 0 radical (unpaired) electrons. The van der Waals surface area contributed by atoms with Gasteiger partial charge < -0.3 is 20.0 Å². The summed E-state index contributed by atoms with van der Waals surface area (Å²) in [5, 5.41) is 14.0. The van der Waals surface area contributed by atoms with Gasteiger partial charge in [-0.25, -0.2) is 4.79 Å². The minimum absolute atomic E-state index is 0.213. The number of rotatable bonds is 6.